The van der Waals surface area contributed by atoms with E-state index in [9.17, 15) is 0 Å². The van der Waals surface area contributed by atoms with Crippen LogP contribution in [0.15, 0.2) is 28.7 Å². The second-order valence-corrected chi connectivity index (χ2v) is 5.88. The fourth-order valence-corrected chi connectivity index (χ4v) is 2.73. The Labute approximate surface area is 120 Å². The van der Waals surface area contributed by atoms with E-state index < -0.39 is 0 Å². The van der Waals surface area contributed by atoms with Gasteiger partial charge in [-0.1, -0.05) is 61.7 Å². The van der Waals surface area contributed by atoms with Crippen LogP contribution in [0, 0.1) is 5.92 Å². The molecule has 0 radical (unpaired) electrons. The zero-order chi connectivity index (χ0) is 13.4. The van der Waals surface area contributed by atoms with Crippen LogP contribution < -0.4 is 5.32 Å². The van der Waals surface area contributed by atoms with Crippen LogP contribution >= 0.6 is 15.9 Å². The molecular weight excluding hydrogens is 286 g/mol. The zero-order valence-corrected chi connectivity index (χ0v) is 13.5. The van der Waals surface area contributed by atoms with Crippen LogP contribution in [0.2, 0.25) is 0 Å². The number of hydrogen-bond acceptors (Lipinski definition) is 1. The molecule has 1 aromatic carbocycles. The normalized spacial score (nSPS) is 12.9. The molecule has 1 nitrogen and oxygen atoms in total. The highest BCUT2D eigenvalue weighted by molar-refractivity contribution is 9.10. The van der Waals surface area contributed by atoms with E-state index in [-0.39, 0.29) is 0 Å². The van der Waals surface area contributed by atoms with Gasteiger partial charge in [-0.2, -0.15) is 0 Å². The molecule has 1 unspecified atom stereocenters. The van der Waals surface area contributed by atoms with Crippen molar-refractivity contribution in [3.8, 4) is 0 Å². The first kappa shape index (κ1) is 15.7. The van der Waals surface area contributed by atoms with Crippen molar-refractivity contribution in [2.75, 3.05) is 6.54 Å². The van der Waals surface area contributed by atoms with Gasteiger partial charge in [0, 0.05) is 10.5 Å². The Morgan fingerprint density at radius 3 is 2.17 bits per heavy atom. The summed E-state index contributed by atoms with van der Waals surface area (Å²) < 4.78 is 1.16. The van der Waals surface area contributed by atoms with E-state index in [1.807, 2.05) is 0 Å². The molecule has 1 atom stereocenters. The van der Waals surface area contributed by atoms with Gasteiger partial charge in [0.1, 0.15) is 0 Å². The minimum absolute atomic E-state index is 0.612. The van der Waals surface area contributed by atoms with Gasteiger partial charge in [0.2, 0.25) is 0 Å². The van der Waals surface area contributed by atoms with Crippen LogP contribution in [0.25, 0.3) is 0 Å². The van der Waals surface area contributed by atoms with Crippen LogP contribution in [0.3, 0.4) is 0 Å². The molecule has 0 aromatic heterocycles. The highest BCUT2D eigenvalue weighted by atomic mass is 79.9. The molecule has 0 saturated carbocycles. The zero-order valence-electron chi connectivity index (χ0n) is 11.9. The molecule has 0 fully saturated rings. The minimum Gasteiger partial charge on any atom is -0.313 e. The van der Waals surface area contributed by atoms with Crippen LogP contribution in [0.5, 0.6) is 0 Å². The molecule has 0 spiro atoms. The third kappa shape index (κ3) is 5.11. The van der Waals surface area contributed by atoms with Gasteiger partial charge in [0.25, 0.3) is 0 Å². The number of nitrogens with one attached hydrogen (secondary N) is 1. The first-order chi connectivity index (χ1) is 8.71. The quantitative estimate of drug-likeness (QED) is 0.727. The molecule has 1 N–H and O–H groups in total. The fourth-order valence-electron chi connectivity index (χ4n) is 2.47. The summed E-state index contributed by atoms with van der Waals surface area (Å²) in [7, 11) is 0. The van der Waals surface area contributed by atoms with E-state index in [0.717, 1.165) is 23.4 Å². The Morgan fingerprint density at radius 1 is 1.06 bits per heavy atom. The summed E-state index contributed by atoms with van der Waals surface area (Å²) in [5.74, 6) is 0.778. The van der Waals surface area contributed by atoms with Gasteiger partial charge in [-0.05, 0) is 43.0 Å². The van der Waals surface area contributed by atoms with Gasteiger partial charge in [0.05, 0.1) is 0 Å². The van der Waals surface area contributed by atoms with E-state index in [0.29, 0.717) is 6.04 Å². The summed E-state index contributed by atoms with van der Waals surface area (Å²) in [6.07, 6.45) is 4.86. The topological polar surface area (TPSA) is 12.0 Å². The van der Waals surface area contributed by atoms with E-state index in [1.54, 1.807) is 0 Å². The van der Waals surface area contributed by atoms with Crippen LogP contribution in [-0.4, -0.2) is 12.6 Å². The van der Waals surface area contributed by atoms with Crippen molar-refractivity contribution >= 4 is 15.9 Å². The number of halogens is 1. The second kappa shape index (κ2) is 8.71. The highest BCUT2D eigenvalue weighted by Gasteiger charge is 2.17. The van der Waals surface area contributed by atoms with Crippen LogP contribution in [-0.2, 0) is 6.42 Å². The molecule has 0 heterocycles. The van der Waals surface area contributed by atoms with E-state index in [1.165, 1.54) is 24.8 Å². The lowest BCUT2D eigenvalue weighted by atomic mass is 9.89. The van der Waals surface area contributed by atoms with E-state index in [2.05, 4.69) is 66.3 Å². The Balaban J connectivity index is 2.67. The summed E-state index contributed by atoms with van der Waals surface area (Å²) in [4.78, 5) is 0. The maximum absolute atomic E-state index is 3.72. The molecule has 2 heteroatoms. The molecule has 0 bridgehead atoms. The lowest BCUT2D eigenvalue weighted by Gasteiger charge is -2.26. The van der Waals surface area contributed by atoms with E-state index in [4.69, 9.17) is 0 Å². The summed E-state index contributed by atoms with van der Waals surface area (Å²) in [5, 5.41) is 3.72. The first-order valence-electron chi connectivity index (χ1n) is 7.19. The Morgan fingerprint density at radius 2 is 1.67 bits per heavy atom. The molecule has 0 aliphatic heterocycles. The smallest absolute Gasteiger partial charge is 0.0175 e. The molecule has 0 saturated heterocycles. The Bertz CT molecular complexity index is 316. The number of hydrogen-bond donors (Lipinski definition) is 1. The molecule has 1 aromatic rings. The largest absolute Gasteiger partial charge is 0.313 e. The number of rotatable bonds is 8. The van der Waals surface area contributed by atoms with Crippen LogP contribution in [0.4, 0.5) is 0 Å². The standard InChI is InChI=1S/C16H26BrN/c1-4-11-18-16(14(5-2)6-3)12-13-7-9-15(17)10-8-13/h7-10,14,16,18H,4-6,11-12H2,1-3H3. The van der Waals surface area contributed by atoms with Crippen molar-refractivity contribution in [3.63, 3.8) is 0 Å². The first-order valence-corrected chi connectivity index (χ1v) is 7.98. The van der Waals surface area contributed by atoms with Crippen molar-refractivity contribution < 1.29 is 0 Å². The van der Waals surface area contributed by atoms with Crippen molar-refractivity contribution in [2.24, 2.45) is 5.92 Å². The van der Waals surface area contributed by atoms with Gasteiger partial charge in [-0.15, -0.1) is 0 Å². The maximum Gasteiger partial charge on any atom is 0.0175 e. The van der Waals surface area contributed by atoms with Crippen LogP contribution in [0.1, 0.15) is 45.6 Å². The molecular formula is C16H26BrN. The lowest BCUT2D eigenvalue weighted by Crippen LogP contribution is -2.38. The SMILES string of the molecule is CCCNC(Cc1ccc(Br)cc1)C(CC)CC. The molecule has 1 rings (SSSR count). The van der Waals surface area contributed by atoms with Gasteiger partial charge in [-0.25, -0.2) is 0 Å². The lowest BCUT2D eigenvalue weighted by molar-refractivity contribution is 0.332. The van der Waals surface area contributed by atoms with Gasteiger partial charge < -0.3 is 5.32 Å². The average Bonchev–Trinajstić information content (AvgIpc) is 2.39. The number of benzene rings is 1. The summed E-state index contributed by atoms with van der Waals surface area (Å²) >= 11 is 3.49. The average molecular weight is 312 g/mol. The van der Waals surface area contributed by atoms with Gasteiger partial charge >= 0.3 is 0 Å². The molecule has 0 aliphatic carbocycles. The Hall–Kier alpha value is -0.340. The maximum atomic E-state index is 3.72. The molecule has 0 amide bonds. The van der Waals surface area contributed by atoms with Gasteiger partial charge in [-0.3, -0.25) is 0 Å². The predicted octanol–water partition coefficient (Wildman–Crippen LogP) is 4.80. The Kier molecular flexibility index (Phi) is 7.60. The molecule has 102 valence electrons. The predicted molar refractivity (Wildman–Crippen MR) is 84.0 cm³/mol. The monoisotopic (exact) mass is 311 g/mol. The second-order valence-electron chi connectivity index (χ2n) is 4.97. The fraction of sp³-hybridized carbons (Fsp3) is 0.625. The highest BCUT2D eigenvalue weighted by Crippen LogP contribution is 2.19. The summed E-state index contributed by atoms with van der Waals surface area (Å²) in [6.45, 7) is 7.96. The molecule has 18 heavy (non-hydrogen) atoms. The summed E-state index contributed by atoms with van der Waals surface area (Å²) in [6, 6.07) is 9.35. The van der Waals surface area contributed by atoms with Crippen molar-refractivity contribution in [1.82, 2.24) is 5.32 Å². The third-order valence-electron chi connectivity index (χ3n) is 3.64. The molecule has 0 aliphatic rings. The van der Waals surface area contributed by atoms with Gasteiger partial charge in [0.15, 0.2) is 0 Å². The van der Waals surface area contributed by atoms with Crippen molar-refractivity contribution in [1.29, 1.82) is 0 Å². The van der Waals surface area contributed by atoms with Crippen molar-refractivity contribution in [2.45, 2.75) is 52.5 Å². The van der Waals surface area contributed by atoms with E-state index >= 15 is 0 Å². The van der Waals surface area contributed by atoms with Crippen molar-refractivity contribution in [3.05, 3.63) is 34.3 Å². The summed E-state index contributed by atoms with van der Waals surface area (Å²) in [5.41, 5.74) is 1.43. The third-order valence-corrected chi connectivity index (χ3v) is 4.17. The minimum atomic E-state index is 0.612.